The maximum Gasteiger partial charge on any atom is 0.222 e. The zero-order valence-electron chi connectivity index (χ0n) is 12.9. The summed E-state index contributed by atoms with van der Waals surface area (Å²) in [6.45, 7) is 5.64. The van der Waals surface area contributed by atoms with Crippen molar-refractivity contribution in [3.05, 3.63) is 54.4 Å². The molecule has 1 aliphatic rings. The molecule has 5 nitrogen and oxygen atoms in total. The lowest BCUT2D eigenvalue weighted by Gasteiger charge is -2.41. The molecular weight excluding hydrogens is 276 g/mol. The van der Waals surface area contributed by atoms with E-state index < -0.39 is 0 Å². The smallest absolute Gasteiger partial charge is 0.222 e. The van der Waals surface area contributed by atoms with E-state index in [1.807, 2.05) is 6.07 Å². The lowest BCUT2D eigenvalue weighted by molar-refractivity contribution is -0.0639. The second kappa shape index (κ2) is 7.33. The number of nitrogens with zero attached hydrogens (tertiary/aromatic N) is 3. The van der Waals surface area contributed by atoms with Crippen LogP contribution in [0.25, 0.3) is 0 Å². The molecule has 0 unspecified atom stereocenters. The quantitative estimate of drug-likeness (QED) is 0.918. The normalized spacial score (nSPS) is 22.4. The van der Waals surface area contributed by atoms with Crippen LogP contribution in [0.1, 0.15) is 18.5 Å². The molecule has 116 valence electrons. The molecule has 22 heavy (non-hydrogen) atoms. The molecule has 0 bridgehead atoms. The van der Waals surface area contributed by atoms with Crippen LogP contribution in [0.5, 0.6) is 0 Å². The predicted octanol–water partition coefficient (Wildman–Crippen LogP) is 2.35. The molecule has 5 heteroatoms. The second-order valence-corrected chi connectivity index (χ2v) is 5.35. The summed E-state index contributed by atoms with van der Waals surface area (Å²) in [5.41, 5.74) is 1.30. The molecule has 0 aliphatic carbocycles. The Hall–Kier alpha value is -1.98. The van der Waals surface area contributed by atoms with Crippen LogP contribution in [0.4, 0.5) is 5.95 Å². The number of hydrogen-bond acceptors (Lipinski definition) is 5. The van der Waals surface area contributed by atoms with Gasteiger partial charge >= 0.3 is 0 Å². The summed E-state index contributed by atoms with van der Waals surface area (Å²) in [7, 11) is 0. The standard InChI is InChI=1S/C17H22N4O/c1-2-21-11-12-22-15(13-20-17-18-9-6-10-19-17)16(21)14-7-4-3-5-8-14/h3-10,15-16H,2,11-13H2,1H3,(H,18,19,20)/t15-,16-/m0/s1. The third-order valence-corrected chi connectivity index (χ3v) is 4.03. The molecule has 0 spiro atoms. The van der Waals surface area contributed by atoms with Gasteiger partial charge in [-0.05, 0) is 18.2 Å². The van der Waals surface area contributed by atoms with Gasteiger partial charge in [0, 0.05) is 25.5 Å². The van der Waals surface area contributed by atoms with Crippen molar-refractivity contribution < 1.29 is 4.74 Å². The van der Waals surface area contributed by atoms with Crippen molar-refractivity contribution in [2.75, 3.05) is 31.6 Å². The fourth-order valence-corrected chi connectivity index (χ4v) is 2.97. The second-order valence-electron chi connectivity index (χ2n) is 5.35. The highest BCUT2D eigenvalue weighted by Gasteiger charge is 2.32. The van der Waals surface area contributed by atoms with Crippen molar-refractivity contribution in [3.63, 3.8) is 0 Å². The SMILES string of the molecule is CCN1CCO[C@@H](CNc2ncccn2)[C@@H]1c1ccccc1. The number of morpholine rings is 1. The lowest BCUT2D eigenvalue weighted by Crippen LogP contribution is -2.47. The van der Waals surface area contributed by atoms with Crippen molar-refractivity contribution in [1.29, 1.82) is 0 Å². The van der Waals surface area contributed by atoms with E-state index in [2.05, 4.69) is 57.4 Å². The first kappa shape index (κ1) is 14.9. The third kappa shape index (κ3) is 3.43. The topological polar surface area (TPSA) is 50.3 Å². The summed E-state index contributed by atoms with van der Waals surface area (Å²) < 4.78 is 6.04. The molecule has 1 saturated heterocycles. The van der Waals surface area contributed by atoms with E-state index in [9.17, 15) is 0 Å². The highest BCUT2D eigenvalue weighted by Crippen LogP contribution is 2.29. The summed E-state index contributed by atoms with van der Waals surface area (Å²) >= 11 is 0. The Kier molecular flexibility index (Phi) is 4.98. The lowest BCUT2D eigenvalue weighted by atomic mass is 9.98. The minimum absolute atomic E-state index is 0.0832. The average Bonchev–Trinajstić information content (AvgIpc) is 2.61. The van der Waals surface area contributed by atoms with E-state index in [4.69, 9.17) is 4.74 Å². The molecule has 1 aromatic carbocycles. The highest BCUT2D eigenvalue weighted by atomic mass is 16.5. The van der Waals surface area contributed by atoms with Crippen molar-refractivity contribution in [2.24, 2.45) is 0 Å². The first-order chi connectivity index (χ1) is 10.9. The molecule has 2 aromatic rings. The summed E-state index contributed by atoms with van der Waals surface area (Å²) in [6.07, 6.45) is 3.56. The average molecular weight is 298 g/mol. The van der Waals surface area contributed by atoms with Crippen LogP contribution in [-0.4, -0.2) is 47.2 Å². The van der Waals surface area contributed by atoms with Gasteiger partial charge in [-0.25, -0.2) is 9.97 Å². The number of nitrogens with one attached hydrogen (secondary N) is 1. The molecule has 2 heterocycles. The van der Waals surface area contributed by atoms with Crippen molar-refractivity contribution >= 4 is 5.95 Å². The van der Waals surface area contributed by atoms with Gasteiger partial charge in [0.1, 0.15) is 0 Å². The van der Waals surface area contributed by atoms with Crippen molar-refractivity contribution in [2.45, 2.75) is 19.1 Å². The molecule has 0 radical (unpaired) electrons. The van der Waals surface area contributed by atoms with E-state index in [1.165, 1.54) is 5.56 Å². The fraction of sp³-hybridized carbons (Fsp3) is 0.412. The van der Waals surface area contributed by atoms with Gasteiger partial charge in [-0.3, -0.25) is 4.90 Å². The predicted molar refractivity (Wildman–Crippen MR) is 86.7 cm³/mol. The van der Waals surface area contributed by atoms with Crippen molar-refractivity contribution in [3.8, 4) is 0 Å². The fourth-order valence-electron chi connectivity index (χ4n) is 2.97. The van der Waals surface area contributed by atoms with Crippen LogP contribution in [-0.2, 0) is 4.74 Å². The Bertz CT molecular complexity index is 563. The van der Waals surface area contributed by atoms with E-state index in [0.29, 0.717) is 12.5 Å². The van der Waals surface area contributed by atoms with Crippen LogP contribution in [0.15, 0.2) is 48.8 Å². The zero-order chi connectivity index (χ0) is 15.2. The van der Waals surface area contributed by atoms with E-state index >= 15 is 0 Å². The number of anilines is 1. The minimum atomic E-state index is 0.0832. The number of ether oxygens (including phenoxy) is 1. The molecule has 2 atom stereocenters. The Morgan fingerprint density at radius 2 is 1.95 bits per heavy atom. The van der Waals surface area contributed by atoms with Crippen LogP contribution >= 0.6 is 0 Å². The molecular formula is C17H22N4O. The molecule has 0 saturated carbocycles. The number of rotatable bonds is 5. The van der Waals surface area contributed by atoms with Gasteiger partial charge in [0.25, 0.3) is 0 Å². The highest BCUT2D eigenvalue weighted by molar-refractivity contribution is 5.25. The van der Waals surface area contributed by atoms with Gasteiger partial charge in [-0.2, -0.15) is 0 Å². The number of likely N-dealkylation sites (N-methyl/N-ethyl adjacent to an activating group) is 1. The van der Waals surface area contributed by atoms with Gasteiger partial charge in [0.2, 0.25) is 5.95 Å². The van der Waals surface area contributed by atoms with Gasteiger partial charge in [0.05, 0.1) is 18.8 Å². The molecule has 0 amide bonds. The molecule has 3 rings (SSSR count). The number of benzene rings is 1. The largest absolute Gasteiger partial charge is 0.373 e. The van der Waals surface area contributed by atoms with E-state index in [-0.39, 0.29) is 12.1 Å². The molecule has 1 fully saturated rings. The number of aromatic nitrogens is 2. The van der Waals surface area contributed by atoms with Gasteiger partial charge in [0.15, 0.2) is 0 Å². The minimum Gasteiger partial charge on any atom is -0.373 e. The summed E-state index contributed by atoms with van der Waals surface area (Å²) in [5, 5.41) is 3.28. The Morgan fingerprint density at radius 3 is 2.68 bits per heavy atom. The zero-order valence-corrected chi connectivity index (χ0v) is 12.9. The first-order valence-electron chi connectivity index (χ1n) is 7.80. The monoisotopic (exact) mass is 298 g/mol. The summed E-state index contributed by atoms with van der Waals surface area (Å²) in [5.74, 6) is 0.645. The van der Waals surface area contributed by atoms with E-state index in [0.717, 1.165) is 19.7 Å². The molecule has 1 aliphatic heterocycles. The summed E-state index contributed by atoms with van der Waals surface area (Å²) in [4.78, 5) is 10.9. The maximum atomic E-state index is 6.04. The Balaban J connectivity index is 1.75. The molecule has 1 aromatic heterocycles. The van der Waals surface area contributed by atoms with Crippen LogP contribution < -0.4 is 5.32 Å². The summed E-state index contributed by atoms with van der Waals surface area (Å²) in [6, 6.07) is 12.6. The van der Waals surface area contributed by atoms with Gasteiger partial charge in [-0.1, -0.05) is 37.3 Å². The maximum absolute atomic E-state index is 6.04. The first-order valence-corrected chi connectivity index (χ1v) is 7.80. The Labute approximate surface area is 131 Å². The van der Waals surface area contributed by atoms with Crippen LogP contribution in [0, 0.1) is 0 Å². The Morgan fingerprint density at radius 1 is 1.18 bits per heavy atom. The molecule has 1 N–H and O–H groups in total. The van der Waals surface area contributed by atoms with Crippen LogP contribution in [0.2, 0.25) is 0 Å². The van der Waals surface area contributed by atoms with Crippen molar-refractivity contribution in [1.82, 2.24) is 14.9 Å². The number of hydrogen-bond donors (Lipinski definition) is 1. The van der Waals surface area contributed by atoms with Gasteiger partial charge < -0.3 is 10.1 Å². The van der Waals surface area contributed by atoms with Gasteiger partial charge in [-0.15, -0.1) is 0 Å². The third-order valence-electron chi connectivity index (χ3n) is 4.03. The van der Waals surface area contributed by atoms with E-state index in [1.54, 1.807) is 12.4 Å². The van der Waals surface area contributed by atoms with Crippen LogP contribution in [0.3, 0.4) is 0 Å².